The summed E-state index contributed by atoms with van der Waals surface area (Å²) in [6.07, 6.45) is 6.83. The van der Waals surface area contributed by atoms with Gasteiger partial charge in [-0.05, 0) is 51.6 Å². The Labute approximate surface area is 143 Å². The largest absolute Gasteiger partial charge is 0.0622 e. The van der Waals surface area contributed by atoms with Gasteiger partial charge in [0.2, 0.25) is 0 Å². The van der Waals surface area contributed by atoms with Crippen LogP contribution < -0.4 is 0 Å². The van der Waals surface area contributed by atoms with E-state index in [9.17, 15) is 0 Å². The van der Waals surface area contributed by atoms with E-state index in [1.54, 1.807) is 0 Å². The monoisotopic (exact) mass is 306 g/mol. The Morgan fingerprint density at radius 3 is 1.67 bits per heavy atom. The fourth-order valence-corrected chi connectivity index (χ4v) is 3.04. The highest BCUT2D eigenvalue weighted by atomic mass is 14.2. The van der Waals surface area contributed by atoms with Crippen LogP contribution in [0.4, 0.5) is 0 Å². The number of allylic oxidation sites excluding steroid dienone is 5. The third-order valence-electron chi connectivity index (χ3n) is 4.24. The summed E-state index contributed by atoms with van der Waals surface area (Å²) in [4.78, 5) is 0. The molecule has 114 valence electrons. The van der Waals surface area contributed by atoms with Crippen molar-refractivity contribution in [1.82, 2.24) is 0 Å². The Morgan fingerprint density at radius 1 is 0.500 bits per heavy atom. The molecule has 3 aromatic carbocycles. The van der Waals surface area contributed by atoms with E-state index in [1.807, 2.05) is 0 Å². The van der Waals surface area contributed by atoms with Crippen LogP contribution in [-0.4, -0.2) is 0 Å². The van der Waals surface area contributed by atoms with Gasteiger partial charge in [0, 0.05) is 0 Å². The van der Waals surface area contributed by atoms with Crippen molar-refractivity contribution in [2.75, 3.05) is 0 Å². The second-order valence-electron chi connectivity index (χ2n) is 5.90. The number of hydrogen-bond acceptors (Lipinski definition) is 0. The fraction of sp³-hybridized carbons (Fsp3) is 0. The van der Waals surface area contributed by atoms with Crippen molar-refractivity contribution in [3.63, 3.8) is 0 Å². The zero-order valence-corrected chi connectivity index (χ0v) is 13.4. The highest BCUT2D eigenvalue weighted by molar-refractivity contribution is 6.02. The summed E-state index contributed by atoms with van der Waals surface area (Å²) in [7, 11) is 0. The minimum atomic E-state index is 1.22. The molecule has 0 aliphatic heterocycles. The van der Waals surface area contributed by atoms with Crippen molar-refractivity contribution in [3.8, 4) is 0 Å². The Morgan fingerprint density at radius 2 is 1.04 bits per heavy atom. The third-order valence-corrected chi connectivity index (χ3v) is 4.24. The zero-order chi connectivity index (χ0) is 16.2. The van der Waals surface area contributed by atoms with Crippen LogP contribution in [0.5, 0.6) is 0 Å². The molecule has 0 amide bonds. The van der Waals surface area contributed by atoms with Gasteiger partial charge in [-0.3, -0.25) is 0 Å². The van der Waals surface area contributed by atoms with Gasteiger partial charge in [0.05, 0.1) is 0 Å². The van der Waals surface area contributed by atoms with Crippen LogP contribution in [0.25, 0.3) is 17.2 Å². The van der Waals surface area contributed by atoms with Crippen LogP contribution in [0.15, 0.2) is 109 Å². The molecule has 24 heavy (non-hydrogen) atoms. The molecule has 0 heteroatoms. The second kappa shape index (κ2) is 6.55. The van der Waals surface area contributed by atoms with E-state index in [4.69, 9.17) is 0 Å². The van der Waals surface area contributed by atoms with Gasteiger partial charge in [0.1, 0.15) is 0 Å². The van der Waals surface area contributed by atoms with Crippen molar-refractivity contribution < 1.29 is 0 Å². The second-order valence-corrected chi connectivity index (χ2v) is 5.90. The molecule has 0 unspecified atom stereocenters. The van der Waals surface area contributed by atoms with Crippen LogP contribution in [0.2, 0.25) is 0 Å². The molecule has 0 saturated heterocycles. The summed E-state index contributed by atoms with van der Waals surface area (Å²) in [5, 5.41) is 0. The first kappa shape index (κ1) is 14.5. The summed E-state index contributed by atoms with van der Waals surface area (Å²) in [5.74, 6) is 0. The topological polar surface area (TPSA) is 0 Å². The lowest BCUT2D eigenvalue weighted by Gasteiger charge is -2.05. The molecule has 0 spiro atoms. The van der Waals surface area contributed by atoms with Crippen LogP contribution in [-0.2, 0) is 0 Å². The highest BCUT2D eigenvalue weighted by Crippen LogP contribution is 2.37. The Balaban J connectivity index is 1.82. The average Bonchev–Trinajstić information content (AvgIpc) is 3.08. The summed E-state index contributed by atoms with van der Waals surface area (Å²) in [5.41, 5.74) is 7.52. The van der Waals surface area contributed by atoms with E-state index in [0.29, 0.717) is 0 Å². The Hall–Kier alpha value is -3.12. The zero-order valence-electron chi connectivity index (χ0n) is 13.4. The van der Waals surface area contributed by atoms with Crippen LogP contribution in [0.3, 0.4) is 0 Å². The lowest BCUT2D eigenvalue weighted by molar-refractivity contribution is 1.60. The molecule has 0 aromatic heterocycles. The smallest absolute Gasteiger partial charge is 0.0105 e. The lowest BCUT2D eigenvalue weighted by atomic mass is 9.99. The van der Waals surface area contributed by atoms with Gasteiger partial charge < -0.3 is 0 Å². The number of rotatable bonds is 3. The van der Waals surface area contributed by atoms with E-state index < -0.39 is 0 Å². The maximum Gasteiger partial charge on any atom is -0.0105 e. The van der Waals surface area contributed by atoms with Crippen molar-refractivity contribution >= 4 is 17.2 Å². The molecule has 3 aromatic rings. The first-order chi connectivity index (χ1) is 11.9. The van der Waals surface area contributed by atoms with E-state index in [2.05, 4.69) is 109 Å². The summed E-state index contributed by atoms with van der Waals surface area (Å²) < 4.78 is 0. The molecule has 0 radical (unpaired) electrons. The van der Waals surface area contributed by atoms with Gasteiger partial charge in [-0.2, -0.15) is 0 Å². The van der Waals surface area contributed by atoms with Gasteiger partial charge in [-0.25, -0.2) is 0 Å². The summed E-state index contributed by atoms with van der Waals surface area (Å²) in [6.45, 7) is 0. The maximum atomic E-state index is 2.29. The van der Waals surface area contributed by atoms with E-state index in [-0.39, 0.29) is 0 Å². The molecule has 1 aliphatic rings. The lowest BCUT2D eigenvalue weighted by Crippen LogP contribution is -1.84. The van der Waals surface area contributed by atoms with Crippen molar-refractivity contribution in [2.45, 2.75) is 0 Å². The molecule has 0 nitrogen and oxygen atoms in total. The van der Waals surface area contributed by atoms with E-state index in [0.717, 1.165) is 0 Å². The SMILES string of the molecule is C1=C(c2ccccc2)C=C(c2ccccc2)/C1=C/c1ccccc1. The number of benzene rings is 3. The van der Waals surface area contributed by atoms with Crippen LogP contribution >= 0.6 is 0 Å². The van der Waals surface area contributed by atoms with Gasteiger partial charge in [-0.15, -0.1) is 0 Å². The van der Waals surface area contributed by atoms with Gasteiger partial charge in [-0.1, -0.05) is 91.0 Å². The molecular weight excluding hydrogens is 288 g/mol. The highest BCUT2D eigenvalue weighted by Gasteiger charge is 2.15. The first-order valence-electron chi connectivity index (χ1n) is 8.21. The van der Waals surface area contributed by atoms with Crippen molar-refractivity contribution in [2.24, 2.45) is 0 Å². The molecule has 1 aliphatic carbocycles. The minimum Gasteiger partial charge on any atom is -0.0622 e. The standard InChI is InChI=1S/C24H18/c1-4-10-19(11-5-1)16-23-17-22(20-12-6-2-7-13-20)18-24(23)21-14-8-3-9-15-21/h1-18H/b23-16+. The minimum absolute atomic E-state index is 1.22. The quantitative estimate of drug-likeness (QED) is 0.536. The van der Waals surface area contributed by atoms with Crippen molar-refractivity contribution in [1.29, 1.82) is 0 Å². The third kappa shape index (κ3) is 3.00. The van der Waals surface area contributed by atoms with Gasteiger partial charge >= 0.3 is 0 Å². The molecule has 0 bridgehead atoms. The fourth-order valence-electron chi connectivity index (χ4n) is 3.04. The van der Waals surface area contributed by atoms with Crippen molar-refractivity contribution in [3.05, 3.63) is 125 Å². The normalized spacial score (nSPS) is 15.2. The summed E-state index contributed by atoms with van der Waals surface area (Å²) in [6, 6.07) is 31.6. The number of hydrogen-bond donors (Lipinski definition) is 0. The molecule has 0 N–H and O–H groups in total. The first-order valence-corrected chi connectivity index (χ1v) is 8.21. The average molecular weight is 306 g/mol. The van der Waals surface area contributed by atoms with E-state index >= 15 is 0 Å². The summed E-state index contributed by atoms with van der Waals surface area (Å²) >= 11 is 0. The molecule has 0 atom stereocenters. The predicted molar refractivity (Wildman–Crippen MR) is 103 cm³/mol. The molecular formula is C24H18. The Kier molecular flexibility index (Phi) is 3.95. The molecule has 0 heterocycles. The van der Waals surface area contributed by atoms with Gasteiger partial charge in [0.15, 0.2) is 0 Å². The van der Waals surface area contributed by atoms with Crippen LogP contribution in [0.1, 0.15) is 16.7 Å². The van der Waals surface area contributed by atoms with Crippen LogP contribution in [0, 0.1) is 0 Å². The maximum absolute atomic E-state index is 2.29. The predicted octanol–water partition coefficient (Wildman–Crippen LogP) is 6.25. The van der Waals surface area contributed by atoms with Gasteiger partial charge in [0.25, 0.3) is 0 Å². The molecule has 0 saturated carbocycles. The Bertz CT molecular complexity index is 912. The molecule has 4 rings (SSSR count). The molecule has 0 fully saturated rings. The van der Waals surface area contributed by atoms with E-state index in [1.165, 1.54) is 33.4 Å².